The van der Waals surface area contributed by atoms with E-state index in [1.165, 1.54) is 4.46 Å². The first-order chi connectivity index (χ1) is 12.5. The molecular formula is C21H21NO2SSe. The molecule has 0 saturated carbocycles. The molecule has 0 bridgehead atoms. The molecule has 3 rings (SSSR count). The molecule has 134 valence electrons. The maximum atomic E-state index is 12.6. The Balaban J connectivity index is 1.78. The van der Waals surface area contributed by atoms with Crippen molar-refractivity contribution >= 4 is 29.4 Å². The second-order valence-electron chi connectivity index (χ2n) is 6.00. The zero-order valence-electron chi connectivity index (χ0n) is 14.5. The van der Waals surface area contributed by atoms with Crippen LogP contribution in [-0.4, -0.2) is 29.9 Å². The van der Waals surface area contributed by atoms with Crippen LogP contribution in [0.5, 0.6) is 0 Å². The summed E-state index contributed by atoms with van der Waals surface area (Å²) >= 11 is 0.123. The summed E-state index contributed by atoms with van der Waals surface area (Å²) in [6.45, 7) is 2.33. The summed E-state index contributed by atoms with van der Waals surface area (Å²) in [5, 5.41) is 0. The van der Waals surface area contributed by atoms with E-state index in [9.17, 15) is 8.42 Å². The second-order valence-corrected chi connectivity index (χ2v) is 10.4. The molecule has 1 atom stereocenters. The minimum atomic E-state index is -3.51. The summed E-state index contributed by atoms with van der Waals surface area (Å²) in [6, 6.07) is 27.3. The Kier molecular flexibility index (Phi) is 6.28. The number of aryl methyl sites for hydroxylation is 1. The van der Waals surface area contributed by atoms with E-state index >= 15 is 0 Å². The van der Waals surface area contributed by atoms with Crippen molar-refractivity contribution in [2.24, 2.45) is 0 Å². The number of sulfonamides is 1. The fourth-order valence-electron chi connectivity index (χ4n) is 2.54. The van der Waals surface area contributed by atoms with Crippen molar-refractivity contribution in [3.05, 3.63) is 96.1 Å². The van der Waals surface area contributed by atoms with Crippen molar-refractivity contribution in [2.75, 3.05) is 6.54 Å². The molecule has 0 amide bonds. The first-order valence-corrected chi connectivity index (χ1v) is 11.7. The van der Waals surface area contributed by atoms with Crippen molar-refractivity contribution < 1.29 is 8.42 Å². The molecule has 0 saturated heterocycles. The molecule has 0 aliphatic rings. The van der Waals surface area contributed by atoms with Crippen molar-refractivity contribution in [1.82, 2.24) is 4.72 Å². The quantitative estimate of drug-likeness (QED) is 0.586. The Labute approximate surface area is 161 Å². The van der Waals surface area contributed by atoms with Crippen LogP contribution in [0.15, 0.2) is 89.8 Å². The van der Waals surface area contributed by atoms with Crippen LogP contribution in [0.4, 0.5) is 0 Å². The monoisotopic (exact) mass is 431 g/mol. The molecule has 0 aromatic heterocycles. The van der Waals surface area contributed by atoms with Crippen LogP contribution in [0.3, 0.4) is 0 Å². The molecule has 26 heavy (non-hydrogen) atoms. The van der Waals surface area contributed by atoms with Gasteiger partial charge in [-0.3, -0.25) is 0 Å². The average Bonchev–Trinajstić information content (AvgIpc) is 2.67. The molecule has 3 nitrogen and oxygen atoms in total. The van der Waals surface area contributed by atoms with Gasteiger partial charge in [0.25, 0.3) is 0 Å². The van der Waals surface area contributed by atoms with E-state index in [2.05, 4.69) is 29.0 Å². The third kappa shape index (κ3) is 5.05. The molecule has 3 aromatic rings. The summed E-state index contributed by atoms with van der Waals surface area (Å²) < 4.78 is 29.3. The number of nitrogens with one attached hydrogen (secondary N) is 1. The summed E-state index contributed by atoms with van der Waals surface area (Å²) in [5.74, 6) is 0. The molecule has 0 radical (unpaired) electrons. The van der Waals surface area contributed by atoms with E-state index < -0.39 is 10.0 Å². The predicted molar refractivity (Wildman–Crippen MR) is 107 cm³/mol. The van der Waals surface area contributed by atoms with Gasteiger partial charge < -0.3 is 0 Å². The van der Waals surface area contributed by atoms with Crippen LogP contribution in [0.2, 0.25) is 0 Å². The minimum absolute atomic E-state index is 0.123. The van der Waals surface area contributed by atoms with Crippen LogP contribution in [0, 0.1) is 6.92 Å². The average molecular weight is 430 g/mol. The standard InChI is InChI=1S/C21H21NO2SSe/c1-17-12-14-19(15-13-17)25(23,24)22-16-21(18-8-4-2-5-9-18)26-20-10-6-3-7-11-20/h2-15,21-22H,16H2,1H3. The Bertz CT molecular complexity index is 927. The SMILES string of the molecule is Cc1ccc(S(=O)(=O)NCC([Se]c2ccccc2)c2ccccc2)cc1. The van der Waals surface area contributed by atoms with Gasteiger partial charge in [0.2, 0.25) is 0 Å². The van der Waals surface area contributed by atoms with Gasteiger partial charge in [0.05, 0.1) is 0 Å². The molecule has 1 unspecified atom stereocenters. The van der Waals surface area contributed by atoms with Gasteiger partial charge in [-0.1, -0.05) is 0 Å². The summed E-state index contributed by atoms with van der Waals surface area (Å²) in [5.41, 5.74) is 2.20. The third-order valence-corrected chi connectivity index (χ3v) is 8.08. The molecule has 5 heteroatoms. The van der Waals surface area contributed by atoms with E-state index in [0.717, 1.165) is 11.1 Å². The normalized spacial score (nSPS) is 12.7. The zero-order valence-corrected chi connectivity index (χ0v) is 17.0. The van der Waals surface area contributed by atoms with Crippen molar-refractivity contribution in [3.63, 3.8) is 0 Å². The van der Waals surface area contributed by atoms with E-state index in [1.54, 1.807) is 12.1 Å². The Hall–Kier alpha value is -1.91. The van der Waals surface area contributed by atoms with Crippen LogP contribution >= 0.6 is 0 Å². The van der Waals surface area contributed by atoms with Gasteiger partial charge >= 0.3 is 162 Å². The number of rotatable bonds is 7. The second kappa shape index (κ2) is 8.65. The molecule has 0 aliphatic carbocycles. The maximum absolute atomic E-state index is 12.6. The molecule has 0 aliphatic heterocycles. The molecule has 1 N–H and O–H groups in total. The van der Waals surface area contributed by atoms with Crippen LogP contribution < -0.4 is 9.18 Å². The number of hydrogen-bond donors (Lipinski definition) is 1. The fraction of sp³-hybridized carbons (Fsp3) is 0.143. The summed E-state index contributed by atoms with van der Waals surface area (Å²) in [7, 11) is -3.51. The van der Waals surface area contributed by atoms with Crippen molar-refractivity contribution in [3.8, 4) is 0 Å². The summed E-state index contributed by atoms with van der Waals surface area (Å²) in [4.78, 5) is 0.438. The van der Waals surface area contributed by atoms with E-state index in [-0.39, 0.29) is 19.8 Å². The molecule has 0 spiro atoms. The first-order valence-electron chi connectivity index (χ1n) is 8.37. The molecular weight excluding hydrogens is 409 g/mol. The van der Waals surface area contributed by atoms with Crippen molar-refractivity contribution in [1.29, 1.82) is 0 Å². The van der Waals surface area contributed by atoms with E-state index in [0.29, 0.717) is 11.4 Å². The van der Waals surface area contributed by atoms with Gasteiger partial charge in [-0.25, -0.2) is 0 Å². The third-order valence-electron chi connectivity index (χ3n) is 3.98. The topological polar surface area (TPSA) is 46.2 Å². The van der Waals surface area contributed by atoms with Gasteiger partial charge in [-0.2, -0.15) is 0 Å². The van der Waals surface area contributed by atoms with Crippen molar-refractivity contribution in [2.45, 2.75) is 16.6 Å². The van der Waals surface area contributed by atoms with Crippen LogP contribution in [0.25, 0.3) is 0 Å². The Morgan fingerprint density at radius 2 is 1.42 bits per heavy atom. The van der Waals surface area contributed by atoms with Crippen LogP contribution in [0.1, 0.15) is 15.9 Å². The number of hydrogen-bond acceptors (Lipinski definition) is 2. The zero-order chi connectivity index (χ0) is 18.4. The predicted octanol–water partition coefficient (Wildman–Crippen LogP) is 3.04. The Morgan fingerprint density at radius 3 is 2.04 bits per heavy atom. The molecule has 3 aromatic carbocycles. The fourth-order valence-corrected chi connectivity index (χ4v) is 6.14. The van der Waals surface area contributed by atoms with Gasteiger partial charge in [0.15, 0.2) is 0 Å². The van der Waals surface area contributed by atoms with Gasteiger partial charge in [0, 0.05) is 0 Å². The Morgan fingerprint density at radius 1 is 0.846 bits per heavy atom. The van der Waals surface area contributed by atoms with E-state index in [1.807, 2.05) is 55.5 Å². The summed E-state index contributed by atoms with van der Waals surface area (Å²) in [6.07, 6.45) is 0. The molecule has 0 heterocycles. The van der Waals surface area contributed by atoms with Gasteiger partial charge in [-0.05, 0) is 0 Å². The van der Waals surface area contributed by atoms with Gasteiger partial charge in [-0.15, -0.1) is 0 Å². The first kappa shape index (κ1) is 18.9. The molecule has 0 fully saturated rings. The van der Waals surface area contributed by atoms with E-state index in [4.69, 9.17) is 0 Å². The number of benzene rings is 3. The van der Waals surface area contributed by atoms with Crippen LogP contribution in [-0.2, 0) is 10.0 Å². The van der Waals surface area contributed by atoms with Gasteiger partial charge in [0.1, 0.15) is 0 Å².